The number of anilines is 1. The van der Waals surface area contributed by atoms with Crippen molar-refractivity contribution >= 4 is 5.69 Å². The summed E-state index contributed by atoms with van der Waals surface area (Å²) >= 11 is 0. The Labute approximate surface area is 133 Å². The van der Waals surface area contributed by atoms with Crippen molar-refractivity contribution < 1.29 is 0 Å². The van der Waals surface area contributed by atoms with Gasteiger partial charge in [-0.2, -0.15) is 0 Å². The first-order valence-electron chi connectivity index (χ1n) is 8.68. The maximum atomic E-state index is 3.57. The molecule has 1 N–H and O–H groups in total. The van der Waals surface area contributed by atoms with E-state index >= 15 is 0 Å². The number of fused-ring (bicyclic) bond motifs is 1. The lowest BCUT2D eigenvalue weighted by Crippen LogP contribution is -2.06. The van der Waals surface area contributed by atoms with Crippen molar-refractivity contribution in [3.8, 4) is 0 Å². The molecule has 0 atom stereocenters. The van der Waals surface area contributed by atoms with Crippen LogP contribution in [0.15, 0.2) is 42.5 Å². The molecule has 1 fully saturated rings. The van der Waals surface area contributed by atoms with E-state index in [-0.39, 0.29) is 0 Å². The molecular formula is C21H25N. The van der Waals surface area contributed by atoms with E-state index in [9.17, 15) is 0 Å². The fourth-order valence-corrected chi connectivity index (χ4v) is 3.57. The largest absolute Gasteiger partial charge is 0.381 e. The van der Waals surface area contributed by atoms with Crippen molar-refractivity contribution in [1.82, 2.24) is 0 Å². The number of hydrogen-bond acceptors (Lipinski definition) is 1. The molecule has 2 aliphatic carbocycles. The van der Waals surface area contributed by atoms with Crippen LogP contribution in [0.4, 0.5) is 5.69 Å². The van der Waals surface area contributed by atoms with E-state index < -0.39 is 0 Å². The number of nitrogens with one attached hydrogen (secondary N) is 1. The Bertz CT molecular complexity index is 665. The molecule has 1 saturated carbocycles. The third-order valence-electron chi connectivity index (χ3n) is 5.49. The maximum Gasteiger partial charge on any atom is 0.0400 e. The number of aryl methyl sites for hydroxylation is 2. The van der Waals surface area contributed by atoms with Crippen molar-refractivity contribution in [1.29, 1.82) is 0 Å². The van der Waals surface area contributed by atoms with Crippen molar-refractivity contribution in [3.63, 3.8) is 0 Å². The highest BCUT2D eigenvalue weighted by Crippen LogP contribution is 2.47. The lowest BCUT2D eigenvalue weighted by Gasteiger charge is -2.17. The Hall–Kier alpha value is -1.76. The number of hydrogen-bond donors (Lipinski definition) is 1. The van der Waals surface area contributed by atoms with Crippen molar-refractivity contribution in [2.24, 2.45) is 0 Å². The standard InChI is InChI=1S/C21H25N/c1-21(12-13-21)19-8-10-20(11-9-19)22-15-16-6-7-17-4-2-3-5-18(17)14-16/h6-11,14,22H,2-5,12-13,15H2,1H3. The fraction of sp³-hybridized carbons (Fsp3) is 0.429. The SMILES string of the molecule is CC1(c2ccc(NCc3ccc4c(c3)CCCC4)cc2)CC1. The topological polar surface area (TPSA) is 12.0 Å². The third-order valence-corrected chi connectivity index (χ3v) is 5.49. The van der Waals surface area contributed by atoms with Gasteiger partial charge in [-0.15, -0.1) is 0 Å². The molecule has 2 aromatic rings. The molecule has 0 spiro atoms. The summed E-state index contributed by atoms with van der Waals surface area (Å²) in [6.07, 6.45) is 7.92. The van der Waals surface area contributed by atoms with E-state index in [2.05, 4.69) is 54.7 Å². The van der Waals surface area contributed by atoms with Gasteiger partial charge in [0.25, 0.3) is 0 Å². The van der Waals surface area contributed by atoms with Crippen LogP contribution in [0.2, 0.25) is 0 Å². The minimum atomic E-state index is 0.469. The maximum absolute atomic E-state index is 3.57. The second kappa shape index (κ2) is 5.46. The molecule has 0 aromatic heterocycles. The normalized spacial score (nSPS) is 18.6. The van der Waals surface area contributed by atoms with E-state index in [1.54, 1.807) is 11.1 Å². The molecule has 2 aromatic carbocycles. The van der Waals surface area contributed by atoms with E-state index in [0.29, 0.717) is 5.41 Å². The van der Waals surface area contributed by atoms with Crippen LogP contribution in [0.5, 0.6) is 0 Å². The summed E-state index contributed by atoms with van der Waals surface area (Å²) in [6.45, 7) is 3.28. The highest BCUT2D eigenvalue weighted by atomic mass is 14.9. The van der Waals surface area contributed by atoms with E-state index in [4.69, 9.17) is 0 Å². The van der Waals surface area contributed by atoms with Gasteiger partial charge in [-0.3, -0.25) is 0 Å². The predicted octanol–water partition coefficient (Wildman–Crippen LogP) is 5.23. The second-order valence-electron chi connectivity index (χ2n) is 7.30. The lowest BCUT2D eigenvalue weighted by molar-refractivity contribution is 0.684. The van der Waals surface area contributed by atoms with Gasteiger partial charge in [0.1, 0.15) is 0 Å². The number of rotatable bonds is 4. The Balaban J connectivity index is 1.42. The van der Waals surface area contributed by atoms with Gasteiger partial charge in [0, 0.05) is 12.2 Å². The average Bonchev–Trinajstić information content (AvgIpc) is 3.32. The summed E-state index contributed by atoms with van der Waals surface area (Å²) in [5.41, 5.74) is 7.73. The monoisotopic (exact) mass is 291 g/mol. The zero-order valence-electron chi connectivity index (χ0n) is 13.5. The molecule has 0 aliphatic heterocycles. The third kappa shape index (κ3) is 2.77. The van der Waals surface area contributed by atoms with Crippen LogP contribution in [-0.4, -0.2) is 0 Å². The Morgan fingerprint density at radius 3 is 2.36 bits per heavy atom. The van der Waals surface area contributed by atoms with Crippen LogP contribution in [-0.2, 0) is 24.8 Å². The van der Waals surface area contributed by atoms with Crippen molar-refractivity contribution in [3.05, 3.63) is 64.7 Å². The molecule has 114 valence electrons. The van der Waals surface area contributed by atoms with Crippen molar-refractivity contribution in [2.75, 3.05) is 5.32 Å². The van der Waals surface area contributed by atoms with E-state index in [1.807, 2.05) is 0 Å². The molecule has 1 nitrogen and oxygen atoms in total. The smallest absolute Gasteiger partial charge is 0.0400 e. The minimum Gasteiger partial charge on any atom is -0.381 e. The molecule has 1 heteroatoms. The molecule has 22 heavy (non-hydrogen) atoms. The van der Waals surface area contributed by atoms with Crippen LogP contribution in [0.25, 0.3) is 0 Å². The summed E-state index contributed by atoms with van der Waals surface area (Å²) in [4.78, 5) is 0. The predicted molar refractivity (Wildman–Crippen MR) is 93.4 cm³/mol. The molecule has 0 bridgehead atoms. The van der Waals surface area contributed by atoms with Gasteiger partial charge in [-0.05, 0) is 78.3 Å². The fourth-order valence-electron chi connectivity index (χ4n) is 3.57. The Kier molecular flexibility index (Phi) is 3.44. The first kappa shape index (κ1) is 13.9. The van der Waals surface area contributed by atoms with Crippen LogP contribution >= 0.6 is 0 Å². The van der Waals surface area contributed by atoms with Gasteiger partial charge in [-0.1, -0.05) is 37.3 Å². The molecule has 0 unspecified atom stereocenters. The minimum absolute atomic E-state index is 0.469. The van der Waals surface area contributed by atoms with Crippen LogP contribution in [0, 0.1) is 0 Å². The van der Waals surface area contributed by atoms with Crippen LogP contribution in [0.1, 0.15) is 54.9 Å². The van der Waals surface area contributed by atoms with E-state index in [0.717, 1.165) is 6.54 Å². The summed E-state index contributed by atoms with van der Waals surface area (Å²) in [5, 5.41) is 3.57. The van der Waals surface area contributed by atoms with Gasteiger partial charge in [-0.25, -0.2) is 0 Å². The molecule has 0 heterocycles. The highest BCUT2D eigenvalue weighted by molar-refractivity contribution is 5.47. The first-order chi connectivity index (χ1) is 10.7. The van der Waals surface area contributed by atoms with Gasteiger partial charge < -0.3 is 5.32 Å². The zero-order chi connectivity index (χ0) is 15.0. The molecule has 0 radical (unpaired) electrons. The van der Waals surface area contributed by atoms with Crippen LogP contribution < -0.4 is 5.32 Å². The summed E-state index contributed by atoms with van der Waals surface area (Å²) in [7, 11) is 0. The average molecular weight is 291 g/mol. The summed E-state index contributed by atoms with van der Waals surface area (Å²) < 4.78 is 0. The highest BCUT2D eigenvalue weighted by Gasteiger charge is 2.38. The second-order valence-corrected chi connectivity index (χ2v) is 7.30. The lowest BCUT2D eigenvalue weighted by atomic mass is 9.90. The van der Waals surface area contributed by atoms with Gasteiger partial charge in [0.05, 0.1) is 0 Å². The summed E-state index contributed by atoms with van der Waals surface area (Å²) in [5.74, 6) is 0. The molecule has 0 saturated heterocycles. The Morgan fingerprint density at radius 2 is 1.64 bits per heavy atom. The molecule has 4 rings (SSSR count). The molecule has 0 amide bonds. The Morgan fingerprint density at radius 1 is 0.909 bits per heavy atom. The van der Waals surface area contributed by atoms with Gasteiger partial charge in [0.15, 0.2) is 0 Å². The van der Waals surface area contributed by atoms with Gasteiger partial charge in [0.2, 0.25) is 0 Å². The number of benzene rings is 2. The first-order valence-corrected chi connectivity index (χ1v) is 8.68. The summed E-state index contributed by atoms with van der Waals surface area (Å²) in [6, 6.07) is 16.1. The molecular weight excluding hydrogens is 266 g/mol. The zero-order valence-corrected chi connectivity index (χ0v) is 13.5. The van der Waals surface area contributed by atoms with Crippen molar-refractivity contribution in [2.45, 2.75) is 57.4 Å². The van der Waals surface area contributed by atoms with Gasteiger partial charge >= 0.3 is 0 Å². The van der Waals surface area contributed by atoms with Crippen LogP contribution in [0.3, 0.4) is 0 Å². The van der Waals surface area contributed by atoms with E-state index in [1.165, 1.54) is 55.3 Å². The molecule has 2 aliphatic rings. The quantitative estimate of drug-likeness (QED) is 0.813.